The van der Waals surface area contributed by atoms with E-state index in [4.69, 9.17) is 11.1 Å². The van der Waals surface area contributed by atoms with Crippen LogP contribution in [-0.4, -0.2) is 27.3 Å². The second kappa shape index (κ2) is 7.50. The second-order valence-corrected chi connectivity index (χ2v) is 5.99. The molecule has 2 aromatic rings. The van der Waals surface area contributed by atoms with Crippen molar-refractivity contribution in [2.75, 3.05) is 7.11 Å². The molecule has 27 heavy (non-hydrogen) atoms. The number of halogens is 6. The number of ether oxygens (including phenoxy) is 1. The first-order valence-electron chi connectivity index (χ1n) is 6.90. The fourth-order valence-corrected chi connectivity index (χ4v) is 2.43. The van der Waals surface area contributed by atoms with E-state index in [0.29, 0.717) is 23.9 Å². The third-order valence-corrected chi connectivity index (χ3v) is 3.74. The predicted molar refractivity (Wildman–Crippen MR) is 84.7 cm³/mol. The van der Waals surface area contributed by atoms with Gasteiger partial charge in [-0.05, 0) is 30.0 Å². The fraction of sp³-hybridized carbons (Fsp3) is 0.214. The van der Waals surface area contributed by atoms with Crippen molar-refractivity contribution in [1.82, 2.24) is 15.2 Å². The zero-order chi connectivity index (χ0) is 20.4. The number of nitrogens with zero attached hydrogens (tertiary/aromatic N) is 2. The van der Waals surface area contributed by atoms with Crippen LogP contribution >= 0.6 is 11.8 Å². The molecule has 1 aromatic carbocycles. The largest absolute Gasteiger partial charge is 0.483 e. The maximum Gasteiger partial charge on any atom is 0.416 e. The molecule has 0 bridgehead atoms. The zero-order valence-electron chi connectivity index (χ0n) is 13.4. The van der Waals surface area contributed by atoms with E-state index < -0.39 is 29.0 Å². The molecule has 146 valence electrons. The van der Waals surface area contributed by atoms with Crippen LogP contribution in [0.3, 0.4) is 0 Å². The summed E-state index contributed by atoms with van der Waals surface area (Å²) < 4.78 is 82.1. The zero-order valence-corrected chi connectivity index (χ0v) is 14.2. The summed E-state index contributed by atoms with van der Waals surface area (Å²) in [5.41, 5.74) is 1.97. The van der Waals surface area contributed by atoms with Crippen LogP contribution in [-0.2, 0) is 17.1 Å². The lowest BCUT2D eigenvalue weighted by Crippen LogP contribution is -2.11. The first kappa shape index (κ1) is 20.6. The molecule has 0 atom stereocenters. The minimum atomic E-state index is -4.97. The minimum Gasteiger partial charge on any atom is -0.483 e. The van der Waals surface area contributed by atoms with Gasteiger partial charge in [-0.25, -0.2) is 4.98 Å². The third kappa shape index (κ3) is 5.39. The highest BCUT2D eigenvalue weighted by molar-refractivity contribution is 8.14. The number of thioether (sulfide) groups is 1. The van der Waals surface area contributed by atoms with Gasteiger partial charge >= 0.3 is 12.4 Å². The molecule has 0 saturated heterocycles. The van der Waals surface area contributed by atoms with Crippen molar-refractivity contribution in [3.05, 3.63) is 41.3 Å². The van der Waals surface area contributed by atoms with E-state index in [1.54, 1.807) is 0 Å². The Morgan fingerprint density at radius 1 is 1.15 bits per heavy atom. The van der Waals surface area contributed by atoms with E-state index in [2.05, 4.69) is 19.9 Å². The highest BCUT2D eigenvalue weighted by atomic mass is 32.2. The molecule has 1 aromatic heterocycles. The molecule has 0 aliphatic carbocycles. The summed E-state index contributed by atoms with van der Waals surface area (Å²) in [6, 6.07) is 1.07. The van der Waals surface area contributed by atoms with Crippen molar-refractivity contribution in [2.45, 2.75) is 17.5 Å². The molecule has 0 fully saturated rings. The van der Waals surface area contributed by atoms with Crippen molar-refractivity contribution >= 4 is 16.8 Å². The van der Waals surface area contributed by atoms with Crippen LogP contribution in [0.4, 0.5) is 26.3 Å². The van der Waals surface area contributed by atoms with E-state index in [-0.39, 0.29) is 28.0 Å². The Kier molecular flexibility index (Phi) is 5.73. The van der Waals surface area contributed by atoms with Gasteiger partial charge in [0.1, 0.15) is 5.04 Å². The van der Waals surface area contributed by atoms with Crippen molar-refractivity contribution in [1.29, 1.82) is 5.41 Å². The molecule has 0 radical (unpaired) electrons. The van der Waals surface area contributed by atoms with Gasteiger partial charge in [0.2, 0.25) is 5.16 Å². The molecule has 4 N–H and O–H groups in total. The number of benzene rings is 1. The molecule has 1 heterocycles. The second-order valence-electron chi connectivity index (χ2n) is 4.98. The Labute approximate surface area is 152 Å². The number of nitrogens with two attached hydrogens (primary N) is 1. The normalized spacial score (nSPS) is 12.9. The fourth-order valence-electron chi connectivity index (χ4n) is 1.83. The number of H-pyrrole nitrogens is 1. The molecular weight excluding hydrogens is 400 g/mol. The van der Waals surface area contributed by atoms with Crippen LogP contribution in [0.1, 0.15) is 11.1 Å². The highest BCUT2D eigenvalue weighted by Crippen LogP contribution is 2.38. The lowest BCUT2D eigenvalue weighted by Gasteiger charge is -2.13. The van der Waals surface area contributed by atoms with Crippen LogP contribution in [0.15, 0.2) is 35.3 Å². The average molecular weight is 411 g/mol. The van der Waals surface area contributed by atoms with Gasteiger partial charge in [-0.2, -0.15) is 26.3 Å². The molecule has 0 aliphatic heterocycles. The van der Waals surface area contributed by atoms with Gasteiger partial charge in [-0.15, -0.1) is 5.10 Å². The number of hydrogen-bond acceptors (Lipinski definition) is 6. The lowest BCUT2D eigenvalue weighted by atomic mass is 10.0. The Bertz CT molecular complexity index is 841. The van der Waals surface area contributed by atoms with E-state index in [1.807, 2.05) is 0 Å². The van der Waals surface area contributed by atoms with Gasteiger partial charge in [0.05, 0.1) is 18.2 Å². The SMILES string of the molecule is COC(N)=CC(=N)Sc1n[nH]c(-c2cc(C(F)(F)F)cc(C(F)(F)F)c2)n1. The van der Waals surface area contributed by atoms with E-state index >= 15 is 0 Å². The monoisotopic (exact) mass is 411 g/mol. The van der Waals surface area contributed by atoms with Gasteiger partial charge in [0, 0.05) is 11.6 Å². The molecule has 0 spiro atoms. The maximum absolute atomic E-state index is 12.9. The quantitative estimate of drug-likeness (QED) is 0.232. The number of hydrogen-bond donors (Lipinski definition) is 3. The standard InChI is InChI=1S/C14H11F6N5OS/c1-26-9(21)5-10(22)27-12-23-11(24-25-12)6-2-7(13(15,16)17)4-8(3-6)14(18,19)20/h2-5,22H,21H2,1H3,(H,23,24,25). The Balaban J connectivity index is 2.38. The van der Waals surface area contributed by atoms with Crippen molar-refractivity contribution < 1.29 is 31.1 Å². The number of rotatable bonds is 4. The van der Waals surface area contributed by atoms with Crippen LogP contribution in [0, 0.1) is 5.41 Å². The number of aromatic amines is 1. The summed E-state index contributed by atoms with van der Waals surface area (Å²) in [5, 5.41) is 13.3. The van der Waals surface area contributed by atoms with Crippen molar-refractivity contribution in [3.8, 4) is 11.4 Å². The van der Waals surface area contributed by atoms with E-state index in [9.17, 15) is 26.3 Å². The Hall–Kier alpha value is -2.70. The van der Waals surface area contributed by atoms with Crippen LogP contribution in [0.2, 0.25) is 0 Å². The molecule has 0 unspecified atom stereocenters. The first-order chi connectivity index (χ1) is 12.4. The Morgan fingerprint density at radius 2 is 1.70 bits per heavy atom. The molecule has 6 nitrogen and oxygen atoms in total. The molecule has 0 aliphatic rings. The van der Waals surface area contributed by atoms with Gasteiger partial charge < -0.3 is 10.5 Å². The highest BCUT2D eigenvalue weighted by Gasteiger charge is 2.37. The van der Waals surface area contributed by atoms with Gasteiger partial charge in [0.25, 0.3) is 0 Å². The summed E-state index contributed by atoms with van der Waals surface area (Å²) in [6.07, 6.45) is -8.82. The van der Waals surface area contributed by atoms with E-state index in [1.165, 1.54) is 7.11 Å². The average Bonchev–Trinajstić information content (AvgIpc) is 3.01. The molecule has 2 rings (SSSR count). The van der Waals surface area contributed by atoms with Gasteiger partial charge in [-0.1, -0.05) is 0 Å². The number of methoxy groups -OCH3 is 1. The smallest absolute Gasteiger partial charge is 0.416 e. The first-order valence-corrected chi connectivity index (χ1v) is 7.71. The maximum atomic E-state index is 12.9. The van der Waals surface area contributed by atoms with Crippen molar-refractivity contribution in [3.63, 3.8) is 0 Å². The summed E-state index contributed by atoms with van der Waals surface area (Å²) in [5.74, 6) is -0.387. The lowest BCUT2D eigenvalue weighted by molar-refractivity contribution is -0.143. The molecule has 0 saturated carbocycles. The molecular formula is C14H11F6N5OS. The number of aromatic nitrogens is 3. The van der Waals surface area contributed by atoms with E-state index in [0.717, 1.165) is 6.08 Å². The minimum absolute atomic E-state index is 0.0174. The summed E-state index contributed by atoms with van der Waals surface area (Å²) in [7, 11) is 1.28. The summed E-state index contributed by atoms with van der Waals surface area (Å²) in [6.45, 7) is 0. The predicted octanol–water partition coefficient (Wildman–Crippen LogP) is 4.03. The van der Waals surface area contributed by atoms with Gasteiger partial charge in [0.15, 0.2) is 11.7 Å². The molecule has 0 amide bonds. The van der Waals surface area contributed by atoms with Crippen molar-refractivity contribution in [2.24, 2.45) is 5.73 Å². The summed E-state index contributed by atoms with van der Waals surface area (Å²) >= 11 is 0.671. The van der Waals surface area contributed by atoms with Gasteiger partial charge in [-0.3, -0.25) is 10.5 Å². The van der Waals surface area contributed by atoms with Crippen LogP contribution in [0.25, 0.3) is 11.4 Å². The number of alkyl halides is 6. The third-order valence-electron chi connectivity index (χ3n) is 3.04. The summed E-state index contributed by atoms with van der Waals surface area (Å²) in [4.78, 5) is 3.81. The Morgan fingerprint density at radius 3 is 2.19 bits per heavy atom. The molecule has 13 heteroatoms. The van der Waals surface area contributed by atoms with Crippen LogP contribution in [0.5, 0.6) is 0 Å². The topological polar surface area (TPSA) is 101 Å². The van der Waals surface area contributed by atoms with Crippen LogP contribution < -0.4 is 5.73 Å². The number of nitrogens with one attached hydrogen (secondary N) is 2.